The third-order valence-corrected chi connectivity index (χ3v) is 6.27. The van der Waals surface area contributed by atoms with E-state index in [4.69, 9.17) is 5.10 Å². The molecule has 160 valence electrons. The predicted octanol–water partition coefficient (Wildman–Crippen LogP) is 5.25. The summed E-state index contributed by atoms with van der Waals surface area (Å²) in [5, 5.41) is 17.3. The van der Waals surface area contributed by atoms with E-state index in [9.17, 15) is 0 Å². The van der Waals surface area contributed by atoms with Crippen LogP contribution in [0.15, 0.2) is 109 Å². The third kappa shape index (κ3) is 2.69. The van der Waals surface area contributed by atoms with Crippen molar-refractivity contribution >= 4 is 0 Å². The zero-order valence-corrected chi connectivity index (χ0v) is 18.1. The van der Waals surface area contributed by atoms with Gasteiger partial charge in [-0.1, -0.05) is 83.2 Å². The number of aromatic amines is 1. The van der Waals surface area contributed by atoms with Gasteiger partial charge in [0.05, 0.1) is 5.69 Å². The molecule has 1 aliphatic carbocycles. The van der Waals surface area contributed by atoms with E-state index in [0.717, 1.165) is 56.4 Å². The Hall–Kier alpha value is -4.84. The van der Waals surface area contributed by atoms with Gasteiger partial charge in [0.1, 0.15) is 11.4 Å². The predicted molar refractivity (Wildman–Crippen MR) is 130 cm³/mol. The summed E-state index contributed by atoms with van der Waals surface area (Å²) in [5.74, 6) is 0. The summed E-state index contributed by atoms with van der Waals surface area (Å²) in [6.07, 6.45) is 0. The molecule has 6 nitrogen and oxygen atoms in total. The van der Waals surface area contributed by atoms with E-state index in [0.29, 0.717) is 0 Å². The maximum absolute atomic E-state index is 4.80. The highest BCUT2D eigenvalue weighted by Gasteiger charge is 2.34. The van der Waals surface area contributed by atoms with Gasteiger partial charge in [0, 0.05) is 27.4 Å². The summed E-state index contributed by atoms with van der Waals surface area (Å²) in [5.41, 5.74) is 9.78. The molecule has 0 atom stereocenters. The molecule has 6 heteroatoms. The van der Waals surface area contributed by atoms with Crippen molar-refractivity contribution in [3.05, 3.63) is 109 Å². The monoisotopic (exact) mass is 439 g/mol. The van der Waals surface area contributed by atoms with Gasteiger partial charge < -0.3 is 0 Å². The first-order valence-electron chi connectivity index (χ1n) is 11.2. The molecule has 0 amide bonds. The van der Waals surface area contributed by atoms with Gasteiger partial charge in [-0.05, 0) is 36.4 Å². The SMILES string of the molecule is c1ccc(-n2nnc3c2-c2ccccc2-c2c(n[nH][n+]2-c2ccccc2)-c2ccccc2-3)cc1. The Morgan fingerprint density at radius 3 is 1.91 bits per heavy atom. The molecule has 34 heavy (non-hydrogen) atoms. The van der Waals surface area contributed by atoms with Crippen LogP contribution in [-0.2, 0) is 0 Å². The number of hydrogen-bond acceptors (Lipinski definition) is 3. The maximum Gasteiger partial charge on any atom is 0.257 e. The van der Waals surface area contributed by atoms with Crippen molar-refractivity contribution in [2.75, 3.05) is 0 Å². The highest BCUT2D eigenvalue weighted by molar-refractivity contribution is 5.98. The third-order valence-electron chi connectivity index (χ3n) is 6.27. The van der Waals surface area contributed by atoms with Gasteiger partial charge in [-0.15, -0.1) is 9.78 Å². The Bertz CT molecular complexity index is 1520. The van der Waals surface area contributed by atoms with Crippen molar-refractivity contribution in [1.82, 2.24) is 25.3 Å². The summed E-state index contributed by atoms with van der Waals surface area (Å²) in [6, 6.07) is 37.1. The van der Waals surface area contributed by atoms with Crippen molar-refractivity contribution in [2.45, 2.75) is 0 Å². The number of fused-ring (bicyclic) bond motifs is 8. The summed E-state index contributed by atoms with van der Waals surface area (Å²) in [4.78, 5) is 0. The largest absolute Gasteiger partial charge is 0.257 e. The molecule has 0 unspecified atom stereocenters. The van der Waals surface area contributed by atoms with E-state index in [1.807, 2.05) is 57.9 Å². The summed E-state index contributed by atoms with van der Waals surface area (Å²) in [7, 11) is 0. The highest BCUT2D eigenvalue weighted by Crippen LogP contribution is 2.45. The fourth-order valence-electron chi connectivity index (χ4n) is 4.76. The number of H-pyrrole nitrogens is 1. The summed E-state index contributed by atoms with van der Waals surface area (Å²) < 4.78 is 3.98. The summed E-state index contributed by atoms with van der Waals surface area (Å²) >= 11 is 0. The lowest BCUT2D eigenvalue weighted by molar-refractivity contribution is -0.648. The molecule has 0 saturated heterocycles. The molecule has 1 aliphatic rings. The zero-order chi connectivity index (χ0) is 22.5. The minimum atomic E-state index is 0.840. The lowest BCUT2D eigenvalue weighted by Crippen LogP contribution is -2.35. The molecule has 0 saturated carbocycles. The molecule has 7 rings (SSSR count). The molecular formula is C28H19N6+. The van der Waals surface area contributed by atoms with Crippen molar-refractivity contribution in [3.8, 4) is 56.4 Å². The minimum absolute atomic E-state index is 0.840. The number of benzene rings is 4. The fraction of sp³-hybridized carbons (Fsp3) is 0. The first-order valence-corrected chi connectivity index (χ1v) is 11.2. The van der Waals surface area contributed by atoms with E-state index in [1.54, 1.807) is 0 Å². The number of para-hydroxylation sites is 2. The van der Waals surface area contributed by atoms with E-state index in [-0.39, 0.29) is 0 Å². The lowest BCUT2D eigenvalue weighted by atomic mass is 9.89. The first-order chi connectivity index (χ1) is 16.9. The number of rotatable bonds is 2. The van der Waals surface area contributed by atoms with Crippen molar-refractivity contribution < 1.29 is 4.68 Å². The molecular weight excluding hydrogens is 420 g/mol. The quantitative estimate of drug-likeness (QED) is 0.374. The number of nitrogens with zero attached hydrogens (tertiary/aromatic N) is 5. The molecule has 0 radical (unpaired) electrons. The van der Waals surface area contributed by atoms with Gasteiger partial charge in [0.15, 0.2) is 5.69 Å². The first kappa shape index (κ1) is 18.7. The molecule has 0 spiro atoms. The minimum Gasteiger partial charge on any atom is -0.212 e. The lowest BCUT2D eigenvalue weighted by Gasteiger charge is -2.16. The average Bonchev–Trinajstić information content (AvgIpc) is 3.54. The van der Waals surface area contributed by atoms with Crippen molar-refractivity contribution in [1.29, 1.82) is 0 Å². The van der Waals surface area contributed by atoms with Gasteiger partial charge in [-0.3, -0.25) is 0 Å². The highest BCUT2D eigenvalue weighted by atomic mass is 15.4. The Labute approximate surface area is 195 Å². The smallest absolute Gasteiger partial charge is 0.212 e. The standard InChI is InChI=1S/C28H18N6/c1-3-11-19(12-4-1)33-27-23-17-9-10-18-24(23)28-26(30-32-34(28)20-13-5-2-6-14-20)22-16-8-7-15-21(22)25(27)29-31-33/h1-18H/p+1. The molecule has 6 aromatic rings. The van der Waals surface area contributed by atoms with Crippen LogP contribution in [0.3, 0.4) is 0 Å². The Balaban J connectivity index is 1.63. The van der Waals surface area contributed by atoms with Gasteiger partial charge in [0.2, 0.25) is 5.69 Å². The Morgan fingerprint density at radius 2 is 1.18 bits per heavy atom. The molecule has 1 N–H and O–H groups in total. The molecule has 0 aliphatic heterocycles. The van der Waals surface area contributed by atoms with E-state index in [2.05, 4.69) is 76.2 Å². The number of hydrogen-bond donors (Lipinski definition) is 1. The topological polar surface area (TPSA) is 63.3 Å². The maximum atomic E-state index is 4.80. The van der Waals surface area contributed by atoms with Crippen LogP contribution in [0.5, 0.6) is 0 Å². The molecule has 0 fully saturated rings. The van der Waals surface area contributed by atoms with Crippen LogP contribution in [0.25, 0.3) is 56.4 Å². The fourth-order valence-corrected chi connectivity index (χ4v) is 4.76. The van der Waals surface area contributed by atoms with Crippen LogP contribution in [0.4, 0.5) is 0 Å². The second-order valence-corrected chi connectivity index (χ2v) is 8.21. The second-order valence-electron chi connectivity index (χ2n) is 8.21. The van der Waals surface area contributed by atoms with E-state index < -0.39 is 0 Å². The molecule has 0 bridgehead atoms. The Kier molecular flexibility index (Phi) is 4.04. The summed E-state index contributed by atoms with van der Waals surface area (Å²) in [6.45, 7) is 0. The van der Waals surface area contributed by atoms with Gasteiger partial charge in [0.25, 0.3) is 5.69 Å². The van der Waals surface area contributed by atoms with E-state index in [1.165, 1.54) is 0 Å². The Morgan fingerprint density at radius 1 is 0.588 bits per heavy atom. The van der Waals surface area contributed by atoms with Gasteiger partial charge in [-0.25, -0.2) is 4.68 Å². The normalized spacial score (nSPS) is 11.5. The second kappa shape index (κ2) is 7.35. The van der Waals surface area contributed by atoms with Crippen molar-refractivity contribution in [2.24, 2.45) is 0 Å². The van der Waals surface area contributed by atoms with Crippen LogP contribution >= 0.6 is 0 Å². The van der Waals surface area contributed by atoms with E-state index >= 15 is 0 Å². The van der Waals surface area contributed by atoms with Gasteiger partial charge in [-0.2, -0.15) is 0 Å². The van der Waals surface area contributed by atoms with Crippen LogP contribution in [-0.4, -0.2) is 25.3 Å². The van der Waals surface area contributed by atoms with Crippen molar-refractivity contribution in [3.63, 3.8) is 0 Å². The van der Waals surface area contributed by atoms with Crippen LogP contribution in [0.2, 0.25) is 0 Å². The molecule has 2 aromatic heterocycles. The molecule has 2 heterocycles. The number of aromatic nitrogens is 6. The number of nitrogens with one attached hydrogen (secondary N) is 1. The van der Waals surface area contributed by atoms with Crippen LogP contribution in [0.1, 0.15) is 0 Å². The van der Waals surface area contributed by atoms with Gasteiger partial charge >= 0.3 is 0 Å². The zero-order valence-electron chi connectivity index (χ0n) is 18.1. The van der Waals surface area contributed by atoms with Crippen LogP contribution in [0, 0.1) is 0 Å². The van der Waals surface area contributed by atoms with Crippen LogP contribution < -0.4 is 4.68 Å². The molecule has 4 aromatic carbocycles. The average molecular weight is 440 g/mol.